The molecule has 0 radical (unpaired) electrons. The molecule has 16 nitrogen and oxygen atoms in total. The Morgan fingerprint density at radius 3 is 1.48 bits per heavy atom. The van der Waals surface area contributed by atoms with Gasteiger partial charge in [0.25, 0.3) is 0 Å². The van der Waals surface area contributed by atoms with E-state index in [0.29, 0.717) is 112 Å². The molecule has 0 bridgehead atoms. The molecule has 0 saturated carbocycles. The largest absolute Gasteiger partial charge is 0.479 e. The number of aromatic nitrogens is 5. The van der Waals surface area contributed by atoms with Crippen molar-refractivity contribution in [1.82, 2.24) is 25.0 Å². The summed E-state index contributed by atoms with van der Waals surface area (Å²) in [6.07, 6.45) is 6.39. The topological polar surface area (TPSA) is 177 Å². The van der Waals surface area contributed by atoms with E-state index in [4.69, 9.17) is 42.6 Å². The number of aliphatic carboxylic acids is 1. The molecule has 1 N–H and O–H groups in total. The van der Waals surface area contributed by atoms with Crippen LogP contribution in [-0.2, 0) is 54.0 Å². The summed E-state index contributed by atoms with van der Waals surface area (Å²) in [4.78, 5) is 19.8. The average Bonchev–Trinajstić information content (AvgIpc) is 3.54. The first-order valence-electron chi connectivity index (χ1n) is 16.0. The van der Waals surface area contributed by atoms with Gasteiger partial charge in [-0.1, -0.05) is 37.7 Å². The molecule has 2 aromatic rings. The molecular weight excluding hydrogens is 650 g/mol. The lowest BCUT2D eigenvalue weighted by molar-refractivity contribution is -0.159. The van der Waals surface area contributed by atoms with Gasteiger partial charge in [-0.3, -0.25) is 0 Å². The maximum Gasteiger partial charge on any atom is 0.333 e. The second-order valence-corrected chi connectivity index (χ2v) is 12.0. The first kappa shape index (κ1) is 41.8. The molecule has 2 aromatic heterocycles. The maximum atomic E-state index is 11.2. The van der Waals surface area contributed by atoms with Crippen LogP contribution in [0.3, 0.4) is 0 Å². The molecule has 274 valence electrons. The van der Waals surface area contributed by atoms with E-state index in [9.17, 15) is 9.90 Å². The van der Waals surface area contributed by atoms with Gasteiger partial charge in [-0.2, -0.15) is 0 Å². The number of carboxylic acids is 1. The molecule has 0 aromatic carbocycles. The van der Waals surface area contributed by atoms with Gasteiger partial charge in [0.05, 0.1) is 125 Å². The van der Waals surface area contributed by atoms with Crippen LogP contribution in [0.25, 0.3) is 11.3 Å². The van der Waals surface area contributed by atoms with Crippen molar-refractivity contribution in [3.8, 4) is 11.3 Å². The Hall–Kier alpha value is -2.32. The molecule has 0 fully saturated rings. The maximum absolute atomic E-state index is 11.2. The molecule has 0 saturated heterocycles. The number of rotatable bonds is 31. The van der Waals surface area contributed by atoms with Gasteiger partial charge in [0.1, 0.15) is 5.69 Å². The number of hydrogen-bond donors (Lipinski definition) is 1. The third-order valence-electron chi connectivity index (χ3n) is 6.24. The zero-order valence-corrected chi connectivity index (χ0v) is 29.5. The smallest absolute Gasteiger partial charge is 0.333 e. The Bertz CT molecular complexity index is 1080. The van der Waals surface area contributed by atoms with Crippen LogP contribution in [-0.4, -0.2) is 161 Å². The summed E-state index contributed by atoms with van der Waals surface area (Å²) in [6.45, 7) is 13.6. The lowest BCUT2D eigenvalue weighted by Crippen LogP contribution is -2.37. The highest BCUT2D eigenvalue weighted by molar-refractivity contribution is 7.98. The van der Waals surface area contributed by atoms with Crippen LogP contribution >= 0.6 is 11.8 Å². The summed E-state index contributed by atoms with van der Waals surface area (Å²) in [5.74, 6) is -0.971. The molecule has 2 rings (SSSR count). The van der Waals surface area contributed by atoms with Crippen molar-refractivity contribution in [2.75, 3.05) is 119 Å². The normalized spacial score (nSPS) is 12.5. The van der Waals surface area contributed by atoms with Gasteiger partial charge >= 0.3 is 5.97 Å². The van der Waals surface area contributed by atoms with Crippen LogP contribution in [0.5, 0.6) is 0 Å². The van der Waals surface area contributed by atoms with Crippen LogP contribution in [0, 0.1) is 5.41 Å². The van der Waals surface area contributed by atoms with Crippen LogP contribution in [0.4, 0.5) is 0 Å². The predicted octanol–water partition coefficient (Wildman–Crippen LogP) is 2.11. The minimum atomic E-state index is -0.971. The molecule has 0 amide bonds. The molecule has 0 aliphatic rings. The summed E-state index contributed by atoms with van der Waals surface area (Å²) in [5, 5.41) is 18.2. The number of thioether (sulfide) groups is 1. The fourth-order valence-corrected chi connectivity index (χ4v) is 4.13. The highest BCUT2D eigenvalue weighted by Gasteiger charge is 2.31. The highest BCUT2D eigenvalue weighted by Crippen LogP contribution is 2.22. The van der Waals surface area contributed by atoms with Crippen LogP contribution in [0.1, 0.15) is 20.8 Å². The summed E-state index contributed by atoms with van der Waals surface area (Å²) in [6, 6.07) is 0. The Morgan fingerprint density at radius 2 is 1.10 bits per heavy atom. The van der Waals surface area contributed by atoms with E-state index in [1.54, 1.807) is 17.1 Å². The van der Waals surface area contributed by atoms with Crippen molar-refractivity contribution in [3.05, 3.63) is 18.6 Å². The van der Waals surface area contributed by atoms with Gasteiger partial charge in [0.2, 0.25) is 0 Å². The molecule has 1 unspecified atom stereocenters. The van der Waals surface area contributed by atoms with Gasteiger partial charge in [-0.15, -0.1) is 5.10 Å². The molecule has 0 spiro atoms. The Morgan fingerprint density at radius 1 is 0.708 bits per heavy atom. The van der Waals surface area contributed by atoms with Gasteiger partial charge in [-0.25, -0.2) is 19.4 Å². The summed E-state index contributed by atoms with van der Waals surface area (Å²) in [7, 11) is 0. The number of carbonyl (C=O) groups is 1. The SMILES string of the molecule is CSc1ncc(-c2cn(CCOCCOCCOCCOCCOCCOCCOCCOCCOC(C(=O)O)C(C)(C)C)nn2)cn1. The lowest BCUT2D eigenvalue weighted by atomic mass is 9.89. The standard InChI is InChI=1S/C31H53N5O11S/c1-31(2,3)28(29(37)38)47-22-21-46-20-19-45-18-17-44-16-15-43-14-13-42-12-11-41-10-9-40-8-7-39-6-5-36-25-27(34-35-36)26-23-32-30(48-4)33-24-26/h23-25,28H,5-22H2,1-4H3,(H,37,38). The number of nitrogens with zero attached hydrogens (tertiary/aromatic N) is 5. The van der Waals surface area contributed by atoms with Crippen LogP contribution < -0.4 is 0 Å². The van der Waals surface area contributed by atoms with Gasteiger partial charge in [-0.05, 0) is 11.7 Å². The summed E-state index contributed by atoms with van der Waals surface area (Å²) >= 11 is 1.49. The molecule has 0 aliphatic heterocycles. The van der Waals surface area contributed by atoms with E-state index >= 15 is 0 Å². The molecular formula is C31H53N5O11S. The summed E-state index contributed by atoms with van der Waals surface area (Å²) < 4.78 is 51.0. The van der Waals surface area contributed by atoms with Crippen molar-refractivity contribution in [1.29, 1.82) is 0 Å². The van der Waals surface area contributed by atoms with E-state index in [-0.39, 0.29) is 6.61 Å². The molecule has 1 atom stereocenters. The van der Waals surface area contributed by atoms with Crippen molar-refractivity contribution >= 4 is 17.7 Å². The molecule has 48 heavy (non-hydrogen) atoms. The first-order valence-corrected chi connectivity index (χ1v) is 17.3. The Balaban J connectivity index is 1.24. The third kappa shape index (κ3) is 20.3. The number of ether oxygens (including phenoxy) is 9. The highest BCUT2D eigenvalue weighted by atomic mass is 32.2. The minimum Gasteiger partial charge on any atom is -0.479 e. The quantitative estimate of drug-likeness (QED) is 0.0686. The minimum absolute atomic E-state index is 0.214. The van der Waals surface area contributed by atoms with Crippen molar-refractivity contribution < 1.29 is 52.5 Å². The number of hydrogen-bond acceptors (Lipinski definition) is 15. The van der Waals surface area contributed by atoms with E-state index in [0.717, 1.165) is 16.4 Å². The van der Waals surface area contributed by atoms with E-state index in [1.807, 2.05) is 33.2 Å². The lowest BCUT2D eigenvalue weighted by Gasteiger charge is -2.26. The van der Waals surface area contributed by atoms with Crippen molar-refractivity contribution in [3.63, 3.8) is 0 Å². The fraction of sp³-hybridized carbons (Fsp3) is 0.774. The average molecular weight is 704 g/mol. The third-order valence-corrected chi connectivity index (χ3v) is 6.81. The van der Waals surface area contributed by atoms with Crippen molar-refractivity contribution in [2.24, 2.45) is 5.41 Å². The zero-order chi connectivity index (χ0) is 34.7. The second-order valence-electron chi connectivity index (χ2n) is 11.2. The number of carboxylic acid groups (broad SMARTS) is 1. The summed E-state index contributed by atoms with van der Waals surface area (Å²) in [5.41, 5.74) is 1.07. The van der Waals surface area contributed by atoms with E-state index < -0.39 is 17.5 Å². The monoisotopic (exact) mass is 703 g/mol. The van der Waals surface area contributed by atoms with Crippen molar-refractivity contribution in [2.45, 2.75) is 38.6 Å². The van der Waals surface area contributed by atoms with Gasteiger partial charge in [0.15, 0.2) is 11.3 Å². The Kier molecular flexibility index (Phi) is 23.1. The predicted molar refractivity (Wildman–Crippen MR) is 176 cm³/mol. The second kappa shape index (κ2) is 26.5. The Labute approximate surface area is 287 Å². The van der Waals surface area contributed by atoms with Crippen LogP contribution in [0.2, 0.25) is 0 Å². The fourth-order valence-electron chi connectivity index (χ4n) is 3.81. The van der Waals surface area contributed by atoms with Crippen LogP contribution in [0.15, 0.2) is 23.7 Å². The first-order chi connectivity index (χ1) is 23.3. The molecule has 0 aliphatic carbocycles. The van der Waals surface area contributed by atoms with E-state index in [1.165, 1.54) is 11.8 Å². The molecule has 2 heterocycles. The molecule has 17 heteroatoms. The van der Waals surface area contributed by atoms with Gasteiger partial charge < -0.3 is 47.7 Å². The zero-order valence-electron chi connectivity index (χ0n) is 28.7. The van der Waals surface area contributed by atoms with E-state index in [2.05, 4.69) is 20.3 Å². The van der Waals surface area contributed by atoms with Gasteiger partial charge in [0, 0.05) is 18.0 Å².